The predicted octanol–water partition coefficient (Wildman–Crippen LogP) is 3.47. The van der Waals surface area contributed by atoms with E-state index in [1.165, 1.54) is 16.1 Å². The average molecular weight is 544 g/mol. The smallest absolute Gasteiger partial charge is 0.253 e. The highest BCUT2D eigenvalue weighted by Gasteiger charge is 2.48. The van der Waals surface area contributed by atoms with Crippen molar-refractivity contribution in [2.45, 2.75) is 84.2 Å². The lowest BCUT2D eigenvalue weighted by Gasteiger charge is -2.34. The van der Waals surface area contributed by atoms with Crippen molar-refractivity contribution in [1.29, 1.82) is 0 Å². The van der Waals surface area contributed by atoms with E-state index in [1.54, 1.807) is 6.08 Å². The number of piperidine rings is 1. The maximum atomic E-state index is 13.2. The van der Waals surface area contributed by atoms with Crippen molar-refractivity contribution in [2.75, 3.05) is 18.4 Å². The Kier molecular flexibility index (Phi) is 8.44. The Morgan fingerprint density at radius 2 is 1.76 bits per heavy atom. The molecule has 38 heavy (non-hydrogen) atoms. The minimum Gasteiger partial charge on any atom is -0.325 e. The molecular formula is C28H41N5O4S. The highest BCUT2D eigenvalue weighted by Crippen LogP contribution is 2.35. The average Bonchev–Trinajstić information content (AvgIpc) is 3.19. The van der Waals surface area contributed by atoms with E-state index in [0.717, 1.165) is 48.2 Å². The summed E-state index contributed by atoms with van der Waals surface area (Å²) in [6.45, 7) is 8.04. The zero-order valence-electron chi connectivity index (χ0n) is 22.9. The van der Waals surface area contributed by atoms with Crippen molar-refractivity contribution in [3.63, 3.8) is 0 Å². The number of aliphatic imine (C=N–C) groups is 1. The molecule has 2 amide bonds. The summed E-state index contributed by atoms with van der Waals surface area (Å²) in [5.41, 5.74) is 8.20. The van der Waals surface area contributed by atoms with Gasteiger partial charge in [-0.3, -0.25) is 14.6 Å². The van der Waals surface area contributed by atoms with Gasteiger partial charge in [-0.2, -0.15) is 4.31 Å². The number of nitrogens with two attached hydrogens (primary N) is 1. The Morgan fingerprint density at radius 1 is 1.16 bits per heavy atom. The van der Waals surface area contributed by atoms with Crippen LogP contribution in [0.1, 0.15) is 75.5 Å². The number of carbonyl (C=O) groups excluding carboxylic acids is 2. The second-order valence-corrected chi connectivity index (χ2v) is 13.2. The first-order valence-electron chi connectivity index (χ1n) is 13.7. The topological polar surface area (TPSA) is 134 Å². The fourth-order valence-corrected chi connectivity index (χ4v) is 6.81. The van der Waals surface area contributed by atoms with Crippen LogP contribution in [0.4, 0.5) is 5.69 Å². The van der Waals surface area contributed by atoms with Crippen LogP contribution in [0.3, 0.4) is 0 Å². The van der Waals surface area contributed by atoms with E-state index in [0.29, 0.717) is 24.4 Å². The van der Waals surface area contributed by atoms with Gasteiger partial charge in [0.15, 0.2) is 0 Å². The van der Waals surface area contributed by atoms with E-state index < -0.39 is 21.6 Å². The zero-order chi connectivity index (χ0) is 27.7. The van der Waals surface area contributed by atoms with Gasteiger partial charge in [0, 0.05) is 30.1 Å². The minimum absolute atomic E-state index is 0.0167. The number of nitrogens with zero attached hydrogens (tertiary/aromatic N) is 2. The molecule has 1 atom stereocenters. The normalized spacial score (nSPS) is 21.6. The lowest BCUT2D eigenvalue weighted by atomic mass is 9.88. The molecule has 1 aromatic rings. The fourth-order valence-electron chi connectivity index (χ4n) is 5.64. The Labute approximate surface area is 226 Å². The second kappa shape index (κ2) is 11.3. The summed E-state index contributed by atoms with van der Waals surface area (Å²) in [6, 6.07) is 3.02. The van der Waals surface area contributed by atoms with Gasteiger partial charge < -0.3 is 16.4 Å². The maximum absolute atomic E-state index is 13.2. The molecule has 0 aromatic heterocycles. The van der Waals surface area contributed by atoms with Crippen LogP contribution >= 0.6 is 0 Å². The zero-order valence-corrected chi connectivity index (χ0v) is 23.7. The number of anilines is 1. The van der Waals surface area contributed by atoms with Crippen molar-refractivity contribution < 1.29 is 18.0 Å². The Balaban J connectivity index is 1.42. The summed E-state index contributed by atoms with van der Waals surface area (Å²) in [7, 11) is -3.68. The van der Waals surface area contributed by atoms with Crippen molar-refractivity contribution in [2.24, 2.45) is 22.6 Å². The van der Waals surface area contributed by atoms with Gasteiger partial charge >= 0.3 is 0 Å². The summed E-state index contributed by atoms with van der Waals surface area (Å²) in [4.78, 5) is 30.1. The van der Waals surface area contributed by atoms with Crippen LogP contribution in [-0.2, 0) is 19.6 Å². The van der Waals surface area contributed by atoms with Gasteiger partial charge in [0.25, 0.3) is 5.91 Å². The molecule has 4 rings (SSSR count). The summed E-state index contributed by atoms with van der Waals surface area (Å²) in [5, 5.41) is 7.10. The summed E-state index contributed by atoms with van der Waals surface area (Å²) >= 11 is 0. The van der Waals surface area contributed by atoms with Gasteiger partial charge in [0.05, 0.1) is 6.04 Å². The lowest BCUT2D eigenvalue weighted by Crippen LogP contribution is -2.50. The number of amides is 2. The Bertz CT molecular complexity index is 1220. The molecule has 3 aliphatic rings. The number of carbonyl (C=O) groups is 2. The van der Waals surface area contributed by atoms with Crippen molar-refractivity contribution in [1.82, 2.24) is 9.62 Å². The molecule has 0 unspecified atom stereocenters. The monoisotopic (exact) mass is 543 g/mol. The standard InChI is InChI=1S/C28H41N5O4S/c1-18(2)24(29)26(34)30-22-16-19(3)23(20(4)17-22)10-15-38(36,37)33-13-11-28(12-14-33)27(35)31-25(32-28)21-8-6-5-7-9-21/h10,15-18,21,24H,5-9,11-14,29H2,1-4H3,(H,30,34)(H,31,32,35)/b15-10+/t24-/m0/s1. The van der Waals surface area contributed by atoms with Gasteiger partial charge in [-0.1, -0.05) is 33.1 Å². The first-order valence-corrected chi connectivity index (χ1v) is 15.2. The third kappa shape index (κ3) is 6.02. The molecule has 1 aliphatic carbocycles. The SMILES string of the molecule is Cc1cc(NC(=O)[C@@H](N)C(C)C)cc(C)c1/C=C/S(=O)(=O)N1CCC2(CC1)N=C(C1CCCCC1)NC2=O. The summed E-state index contributed by atoms with van der Waals surface area (Å²) in [5.74, 6) is 0.803. The number of benzene rings is 1. The number of rotatable bonds is 7. The number of hydrogen-bond donors (Lipinski definition) is 3. The van der Waals surface area contributed by atoms with Crippen LogP contribution < -0.4 is 16.4 Å². The van der Waals surface area contributed by atoms with E-state index in [-0.39, 0.29) is 30.8 Å². The molecule has 4 N–H and O–H groups in total. The molecule has 9 nitrogen and oxygen atoms in total. The van der Waals surface area contributed by atoms with Crippen LogP contribution in [0.15, 0.2) is 22.5 Å². The molecule has 2 aliphatic heterocycles. The van der Waals surface area contributed by atoms with Crippen LogP contribution in [0.25, 0.3) is 6.08 Å². The molecule has 10 heteroatoms. The molecule has 1 saturated heterocycles. The first kappa shape index (κ1) is 28.4. The molecule has 1 aromatic carbocycles. The third-order valence-corrected chi connectivity index (χ3v) is 9.75. The number of amidine groups is 1. The molecule has 2 fully saturated rings. The fraction of sp³-hybridized carbons (Fsp3) is 0.607. The molecule has 0 bridgehead atoms. The van der Waals surface area contributed by atoms with Gasteiger partial charge in [-0.05, 0) is 80.3 Å². The summed E-state index contributed by atoms with van der Waals surface area (Å²) < 4.78 is 27.8. The van der Waals surface area contributed by atoms with E-state index in [4.69, 9.17) is 10.7 Å². The predicted molar refractivity (Wildman–Crippen MR) is 151 cm³/mol. The van der Waals surface area contributed by atoms with Crippen molar-refractivity contribution in [3.05, 3.63) is 34.2 Å². The molecule has 0 radical (unpaired) electrons. The molecule has 1 saturated carbocycles. The molecule has 208 valence electrons. The largest absolute Gasteiger partial charge is 0.325 e. The second-order valence-electron chi connectivity index (χ2n) is 11.3. The molecular weight excluding hydrogens is 502 g/mol. The maximum Gasteiger partial charge on any atom is 0.253 e. The number of aryl methyl sites for hydroxylation is 2. The van der Waals surface area contributed by atoms with Crippen LogP contribution in [0, 0.1) is 25.7 Å². The van der Waals surface area contributed by atoms with E-state index in [1.807, 2.05) is 39.8 Å². The van der Waals surface area contributed by atoms with Crippen LogP contribution in [0.2, 0.25) is 0 Å². The number of hydrogen-bond acceptors (Lipinski definition) is 6. The van der Waals surface area contributed by atoms with Gasteiger partial charge in [-0.25, -0.2) is 8.42 Å². The third-order valence-electron chi connectivity index (χ3n) is 8.19. The number of nitrogens with one attached hydrogen (secondary N) is 2. The Morgan fingerprint density at radius 3 is 2.34 bits per heavy atom. The Hall–Kier alpha value is -2.56. The van der Waals surface area contributed by atoms with E-state index in [2.05, 4.69) is 10.6 Å². The summed E-state index contributed by atoms with van der Waals surface area (Å²) in [6.07, 6.45) is 8.03. The molecule has 2 heterocycles. The quantitative estimate of drug-likeness (QED) is 0.484. The van der Waals surface area contributed by atoms with Gasteiger partial charge in [-0.15, -0.1) is 0 Å². The lowest BCUT2D eigenvalue weighted by molar-refractivity contribution is -0.125. The van der Waals surface area contributed by atoms with Gasteiger partial charge in [0.2, 0.25) is 15.9 Å². The van der Waals surface area contributed by atoms with Crippen molar-refractivity contribution >= 4 is 39.4 Å². The van der Waals surface area contributed by atoms with E-state index >= 15 is 0 Å². The van der Waals surface area contributed by atoms with E-state index in [9.17, 15) is 18.0 Å². The first-order chi connectivity index (χ1) is 17.9. The highest BCUT2D eigenvalue weighted by molar-refractivity contribution is 7.92. The molecule has 1 spiro atoms. The van der Waals surface area contributed by atoms with Crippen molar-refractivity contribution in [3.8, 4) is 0 Å². The van der Waals surface area contributed by atoms with Crippen LogP contribution in [-0.4, -0.2) is 55.0 Å². The highest BCUT2D eigenvalue weighted by atomic mass is 32.2. The minimum atomic E-state index is -3.68. The van der Waals surface area contributed by atoms with Crippen LogP contribution in [0.5, 0.6) is 0 Å². The number of sulfonamides is 1. The van der Waals surface area contributed by atoms with Gasteiger partial charge in [0.1, 0.15) is 11.4 Å².